The van der Waals surface area contributed by atoms with Crippen LogP contribution < -0.4 is 10.0 Å². The Balaban J connectivity index is 2.15. The highest BCUT2D eigenvalue weighted by molar-refractivity contribution is 7.91. The summed E-state index contributed by atoms with van der Waals surface area (Å²) < 4.78 is 26.6. The van der Waals surface area contributed by atoms with E-state index in [4.69, 9.17) is 5.11 Å². The summed E-state index contributed by atoms with van der Waals surface area (Å²) in [6.45, 7) is 0. The summed E-state index contributed by atoms with van der Waals surface area (Å²) >= 11 is 0. The molecule has 10 heteroatoms. The van der Waals surface area contributed by atoms with E-state index in [-0.39, 0.29) is 22.6 Å². The molecule has 0 fully saturated rings. The maximum absolute atomic E-state index is 12.2. The molecular formula is C14H13N3O6S. The fourth-order valence-corrected chi connectivity index (χ4v) is 3.16. The molecule has 0 atom stereocenters. The van der Waals surface area contributed by atoms with Crippen molar-refractivity contribution < 1.29 is 23.2 Å². The van der Waals surface area contributed by atoms with Crippen LogP contribution >= 0.6 is 0 Å². The average molecular weight is 351 g/mol. The Labute approximate surface area is 137 Å². The third kappa shape index (κ3) is 4.95. The maximum Gasteiger partial charge on any atom is 0.409 e. The van der Waals surface area contributed by atoms with E-state index in [1.54, 1.807) is 0 Å². The topological polar surface area (TPSA) is 139 Å². The van der Waals surface area contributed by atoms with E-state index in [0.717, 1.165) is 0 Å². The van der Waals surface area contributed by atoms with Gasteiger partial charge in [0.25, 0.3) is 5.69 Å². The van der Waals surface area contributed by atoms with Gasteiger partial charge >= 0.3 is 6.09 Å². The highest BCUT2D eigenvalue weighted by Crippen LogP contribution is 2.19. The molecule has 0 aromatic heterocycles. The monoisotopic (exact) mass is 351 g/mol. The van der Waals surface area contributed by atoms with Crippen molar-refractivity contribution in [3.8, 4) is 0 Å². The molecular weight excluding hydrogens is 338 g/mol. The van der Waals surface area contributed by atoms with E-state index in [2.05, 4.69) is 10.0 Å². The number of nitro groups is 1. The van der Waals surface area contributed by atoms with Gasteiger partial charge in [0, 0.05) is 17.8 Å². The normalized spacial score (nSPS) is 10.8. The number of sulfonamides is 1. The Hall–Kier alpha value is -3.14. The van der Waals surface area contributed by atoms with Crippen molar-refractivity contribution in [2.45, 2.75) is 5.75 Å². The van der Waals surface area contributed by atoms with Crippen LogP contribution in [0.25, 0.3) is 0 Å². The fraction of sp³-hybridized carbons (Fsp3) is 0.0714. The Kier molecular flexibility index (Phi) is 4.99. The van der Waals surface area contributed by atoms with Crippen LogP contribution in [0.1, 0.15) is 5.56 Å². The van der Waals surface area contributed by atoms with Gasteiger partial charge in [0.15, 0.2) is 0 Å². The van der Waals surface area contributed by atoms with Crippen LogP contribution in [-0.2, 0) is 15.8 Å². The standard InChI is InChI=1S/C14H13N3O6S/c18-14(19)15-11-4-2-5-12(8-11)16-24(22,23)9-10-3-1-6-13(7-10)17(20)21/h1-8,15-16H,9H2,(H,18,19). The van der Waals surface area contributed by atoms with Crippen LogP contribution in [-0.4, -0.2) is 24.5 Å². The van der Waals surface area contributed by atoms with Gasteiger partial charge in [-0.1, -0.05) is 18.2 Å². The van der Waals surface area contributed by atoms with Crippen LogP contribution in [0.2, 0.25) is 0 Å². The number of amides is 1. The lowest BCUT2D eigenvalue weighted by Crippen LogP contribution is -2.15. The zero-order valence-corrected chi connectivity index (χ0v) is 13.0. The number of hydrogen-bond donors (Lipinski definition) is 3. The van der Waals surface area contributed by atoms with Gasteiger partial charge in [-0.25, -0.2) is 13.2 Å². The lowest BCUT2D eigenvalue weighted by Gasteiger charge is -2.09. The number of benzene rings is 2. The summed E-state index contributed by atoms with van der Waals surface area (Å²) in [6.07, 6.45) is -1.27. The van der Waals surface area contributed by atoms with Crippen LogP contribution in [0, 0.1) is 10.1 Å². The van der Waals surface area contributed by atoms with Gasteiger partial charge in [-0.3, -0.25) is 20.2 Å². The number of carbonyl (C=O) groups is 1. The number of carboxylic acid groups (broad SMARTS) is 1. The smallest absolute Gasteiger partial charge is 0.409 e. The first-order valence-electron chi connectivity index (χ1n) is 6.59. The Morgan fingerprint density at radius 2 is 1.79 bits per heavy atom. The van der Waals surface area contributed by atoms with Gasteiger partial charge in [-0.05, 0) is 23.8 Å². The molecule has 0 aliphatic heterocycles. The Morgan fingerprint density at radius 3 is 2.46 bits per heavy atom. The van der Waals surface area contributed by atoms with Crippen LogP contribution in [0.4, 0.5) is 21.9 Å². The Morgan fingerprint density at radius 1 is 1.12 bits per heavy atom. The van der Waals surface area contributed by atoms with Crippen molar-refractivity contribution in [1.29, 1.82) is 0 Å². The van der Waals surface area contributed by atoms with Crippen molar-refractivity contribution in [2.75, 3.05) is 10.0 Å². The third-order valence-corrected chi connectivity index (χ3v) is 4.13. The minimum Gasteiger partial charge on any atom is -0.465 e. The van der Waals surface area contributed by atoms with Gasteiger partial charge in [-0.15, -0.1) is 0 Å². The number of nitrogens with one attached hydrogen (secondary N) is 2. The summed E-state index contributed by atoms with van der Waals surface area (Å²) in [6, 6.07) is 11.0. The van der Waals surface area contributed by atoms with E-state index in [1.165, 1.54) is 48.5 Å². The minimum absolute atomic E-state index is 0.173. The quantitative estimate of drug-likeness (QED) is 0.540. The van der Waals surface area contributed by atoms with Gasteiger partial charge < -0.3 is 5.11 Å². The Bertz CT molecular complexity index is 882. The number of nitro benzene ring substituents is 1. The van der Waals surface area contributed by atoms with Crippen molar-refractivity contribution in [3.63, 3.8) is 0 Å². The number of nitrogens with zero attached hydrogens (tertiary/aromatic N) is 1. The second-order valence-corrected chi connectivity index (χ2v) is 6.52. The largest absolute Gasteiger partial charge is 0.465 e. The summed E-state index contributed by atoms with van der Waals surface area (Å²) in [4.78, 5) is 20.7. The van der Waals surface area contributed by atoms with E-state index < -0.39 is 26.8 Å². The van der Waals surface area contributed by atoms with E-state index in [1.807, 2.05) is 0 Å². The van der Waals surface area contributed by atoms with Crippen LogP contribution in [0.5, 0.6) is 0 Å². The molecule has 0 bridgehead atoms. The molecule has 0 aliphatic rings. The third-order valence-electron chi connectivity index (χ3n) is 2.87. The predicted molar refractivity (Wildman–Crippen MR) is 87.4 cm³/mol. The molecule has 9 nitrogen and oxygen atoms in total. The zero-order valence-electron chi connectivity index (χ0n) is 12.2. The molecule has 2 rings (SSSR count). The van der Waals surface area contributed by atoms with Gasteiger partial charge in [0.2, 0.25) is 10.0 Å². The SMILES string of the molecule is O=C(O)Nc1cccc(NS(=O)(=O)Cc2cccc([N+](=O)[O-])c2)c1. The molecule has 3 N–H and O–H groups in total. The lowest BCUT2D eigenvalue weighted by atomic mass is 10.2. The van der Waals surface area contributed by atoms with E-state index in [0.29, 0.717) is 0 Å². The molecule has 0 spiro atoms. The van der Waals surface area contributed by atoms with E-state index >= 15 is 0 Å². The zero-order chi connectivity index (χ0) is 17.7. The van der Waals surface area contributed by atoms with Crippen molar-refractivity contribution in [3.05, 3.63) is 64.2 Å². The van der Waals surface area contributed by atoms with Gasteiger partial charge in [0.1, 0.15) is 0 Å². The lowest BCUT2D eigenvalue weighted by molar-refractivity contribution is -0.384. The molecule has 2 aromatic carbocycles. The van der Waals surface area contributed by atoms with Crippen molar-refractivity contribution in [1.82, 2.24) is 0 Å². The molecule has 24 heavy (non-hydrogen) atoms. The number of anilines is 2. The maximum atomic E-state index is 12.2. The molecule has 0 heterocycles. The summed E-state index contributed by atoms with van der Waals surface area (Å²) in [5.74, 6) is -0.453. The second-order valence-electron chi connectivity index (χ2n) is 4.80. The highest BCUT2D eigenvalue weighted by atomic mass is 32.2. The molecule has 0 aliphatic carbocycles. The molecule has 0 saturated heterocycles. The minimum atomic E-state index is -3.82. The fourth-order valence-electron chi connectivity index (χ4n) is 1.98. The van der Waals surface area contributed by atoms with Crippen LogP contribution in [0.3, 0.4) is 0 Å². The second kappa shape index (κ2) is 6.96. The molecule has 1 amide bonds. The highest BCUT2D eigenvalue weighted by Gasteiger charge is 2.15. The molecule has 126 valence electrons. The average Bonchev–Trinajstić information content (AvgIpc) is 2.46. The molecule has 0 unspecified atom stereocenters. The molecule has 2 aromatic rings. The van der Waals surface area contributed by atoms with E-state index in [9.17, 15) is 23.3 Å². The van der Waals surface area contributed by atoms with Gasteiger partial charge in [0.05, 0.1) is 16.4 Å². The first-order chi connectivity index (χ1) is 11.2. The first-order valence-corrected chi connectivity index (χ1v) is 8.24. The van der Waals surface area contributed by atoms with Gasteiger partial charge in [-0.2, -0.15) is 0 Å². The first kappa shape index (κ1) is 17.2. The summed E-state index contributed by atoms with van der Waals surface area (Å²) in [7, 11) is -3.82. The van der Waals surface area contributed by atoms with Crippen molar-refractivity contribution in [2.24, 2.45) is 0 Å². The molecule has 0 saturated carbocycles. The number of rotatable bonds is 6. The number of hydrogen-bond acceptors (Lipinski definition) is 5. The van der Waals surface area contributed by atoms with Crippen molar-refractivity contribution >= 4 is 33.2 Å². The predicted octanol–water partition coefficient (Wildman–Crippen LogP) is 2.63. The summed E-state index contributed by atoms with van der Waals surface area (Å²) in [5, 5.41) is 21.5. The molecule has 0 radical (unpaired) electrons. The van der Waals surface area contributed by atoms with Crippen LogP contribution in [0.15, 0.2) is 48.5 Å². The number of non-ortho nitro benzene ring substituents is 1. The summed E-state index contributed by atoms with van der Waals surface area (Å²) in [5.41, 5.74) is 0.441.